The van der Waals surface area contributed by atoms with Gasteiger partial charge < -0.3 is 24.8 Å². The fourth-order valence-electron chi connectivity index (χ4n) is 3.24. The number of hydrogen-bond acceptors (Lipinski definition) is 5. The molecule has 1 atom stereocenters. The van der Waals surface area contributed by atoms with E-state index in [4.69, 9.17) is 14.2 Å². The van der Waals surface area contributed by atoms with Gasteiger partial charge in [0.2, 0.25) is 0 Å². The molecule has 27 heavy (non-hydrogen) atoms. The van der Waals surface area contributed by atoms with Crippen molar-refractivity contribution in [3.8, 4) is 11.5 Å². The minimum atomic E-state index is 0. The molecule has 1 aromatic rings. The fraction of sp³-hybridized carbons (Fsp3) is 0.632. The highest BCUT2D eigenvalue weighted by Crippen LogP contribution is 2.27. The van der Waals surface area contributed by atoms with Crippen LogP contribution in [0.4, 0.5) is 0 Å². The van der Waals surface area contributed by atoms with Crippen molar-refractivity contribution in [2.45, 2.75) is 25.4 Å². The first-order valence-corrected chi connectivity index (χ1v) is 9.10. The molecule has 1 heterocycles. The lowest BCUT2D eigenvalue weighted by molar-refractivity contribution is 0.141. The number of nitrogens with one attached hydrogen (secondary N) is 2. The first-order chi connectivity index (χ1) is 12.7. The monoisotopic (exact) mass is 492 g/mol. The lowest BCUT2D eigenvalue weighted by atomic mass is 10.2. The van der Waals surface area contributed by atoms with Gasteiger partial charge in [-0.15, -0.1) is 24.0 Å². The molecular weight excluding hydrogens is 459 g/mol. The van der Waals surface area contributed by atoms with Gasteiger partial charge in [0.05, 0.1) is 20.8 Å². The van der Waals surface area contributed by atoms with Gasteiger partial charge in [0, 0.05) is 39.8 Å². The maximum Gasteiger partial charge on any atom is 0.191 e. The van der Waals surface area contributed by atoms with Crippen LogP contribution in [-0.4, -0.2) is 71.5 Å². The van der Waals surface area contributed by atoms with Crippen LogP contribution in [0.5, 0.6) is 11.5 Å². The lowest BCUT2D eigenvalue weighted by Crippen LogP contribution is -2.45. The minimum absolute atomic E-state index is 0. The molecule has 8 heteroatoms. The van der Waals surface area contributed by atoms with E-state index in [2.05, 4.69) is 20.5 Å². The van der Waals surface area contributed by atoms with Crippen LogP contribution in [0.1, 0.15) is 18.4 Å². The summed E-state index contributed by atoms with van der Waals surface area (Å²) in [5.74, 6) is 2.27. The Morgan fingerprint density at radius 3 is 2.63 bits per heavy atom. The number of guanidine groups is 1. The summed E-state index contributed by atoms with van der Waals surface area (Å²) in [4.78, 5) is 6.81. The summed E-state index contributed by atoms with van der Waals surface area (Å²) >= 11 is 0. The number of benzene rings is 1. The summed E-state index contributed by atoms with van der Waals surface area (Å²) < 4.78 is 15.8. The topological polar surface area (TPSA) is 67.4 Å². The molecule has 0 bridgehead atoms. The predicted molar refractivity (Wildman–Crippen MR) is 120 cm³/mol. The third-order valence-corrected chi connectivity index (χ3v) is 4.72. The second-order valence-electron chi connectivity index (χ2n) is 6.32. The van der Waals surface area contributed by atoms with E-state index in [1.807, 2.05) is 18.2 Å². The van der Waals surface area contributed by atoms with Crippen molar-refractivity contribution < 1.29 is 14.2 Å². The average Bonchev–Trinajstić information content (AvgIpc) is 3.13. The number of aliphatic imine (C=N–C) groups is 1. The third-order valence-electron chi connectivity index (χ3n) is 4.72. The highest BCUT2D eigenvalue weighted by molar-refractivity contribution is 14.0. The first kappa shape index (κ1) is 23.8. The maximum absolute atomic E-state index is 5.35. The van der Waals surface area contributed by atoms with Crippen molar-refractivity contribution in [2.24, 2.45) is 4.99 Å². The van der Waals surface area contributed by atoms with Gasteiger partial charge in [0.15, 0.2) is 17.5 Å². The van der Waals surface area contributed by atoms with E-state index in [1.54, 1.807) is 28.4 Å². The number of hydrogen-bond donors (Lipinski definition) is 2. The maximum atomic E-state index is 5.35. The zero-order chi connectivity index (χ0) is 18.8. The van der Waals surface area contributed by atoms with Crippen molar-refractivity contribution >= 4 is 29.9 Å². The van der Waals surface area contributed by atoms with Gasteiger partial charge in [0.1, 0.15) is 0 Å². The molecule has 1 aliphatic rings. The molecule has 0 aromatic heterocycles. The highest BCUT2D eigenvalue weighted by atomic mass is 127. The van der Waals surface area contributed by atoms with Gasteiger partial charge in [-0.05, 0) is 37.1 Å². The number of likely N-dealkylation sites (tertiary alicyclic amines) is 1. The third kappa shape index (κ3) is 7.34. The van der Waals surface area contributed by atoms with Crippen molar-refractivity contribution in [2.75, 3.05) is 54.6 Å². The summed E-state index contributed by atoms with van der Waals surface area (Å²) in [6.07, 6.45) is 2.46. The summed E-state index contributed by atoms with van der Waals surface area (Å²) in [6, 6.07) is 6.44. The number of ether oxygens (including phenoxy) is 3. The Morgan fingerprint density at radius 1 is 1.19 bits per heavy atom. The van der Waals surface area contributed by atoms with Crippen molar-refractivity contribution in [1.82, 2.24) is 15.5 Å². The predicted octanol–water partition coefficient (Wildman–Crippen LogP) is 2.10. The van der Waals surface area contributed by atoms with E-state index in [0.717, 1.165) is 49.3 Å². The molecule has 0 aliphatic carbocycles. The Balaban J connectivity index is 0.00000364. The number of halogens is 1. The standard InChI is InChI=1S/C19H32N4O3.HI/c1-20-19(22-14-16-6-5-9-23(16)10-11-24-2)21-13-15-7-8-17(25-3)18(12-15)26-4;/h7-8,12,16H,5-6,9-11,13-14H2,1-4H3,(H2,20,21,22);1H. The molecule has 7 nitrogen and oxygen atoms in total. The Hall–Kier alpha value is -1.26. The van der Waals surface area contributed by atoms with Gasteiger partial charge in [-0.25, -0.2) is 0 Å². The van der Waals surface area contributed by atoms with Crippen molar-refractivity contribution in [3.63, 3.8) is 0 Å². The smallest absolute Gasteiger partial charge is 0.191 e. The molecule has 154 valence electrons. The molecule has 0 saturated carbocycles. The van der Waals surface area contributed by atoms with Crippen LogP contribution in [0, 0.1) is 0 Å². The molecule has 1 aliphatic heterocycles. The van der Waals surface area contributed by atoms with Gasteiger partial charge >= 0.3 is 0 Å². The first-order valence-electron chi connectivity index (χ1n) is 9.10. The summed E-state index contributed by atoms with van der Waals surface area (Å²) in [5, 5.41) is 6.80. The Labute approximate surface area is 179 Å². The van der Waals surface area contributed by atoms with Crippen LogP contribution in [0.3, 0.4) is 0 Å². The van der Waals surface area contributed by atoms with Gasteiger partial charge in [-0.2, -0.15) is 0 Å². The van der Waals surface area contributed by atoms with Crippen LogP contribution >= 0.6 is 24.0 Å². The molecular formula is C19H33IN4O3. The zero-order valence-electron chi connectivity index (χ0n) is 16.8. The van der Waals surface area contributed by atoms with E-state index >= 15 is 0 Å². The van der Waals surface area contributed by atoms with E-state index in [9.17, 15) is 0 Å². The molecule has 2 rings (SSSR count). The Kier molecular flexibility index (Phi) is 11.5. The average molecular weight is 492 g/mol. The SMILES string of the molecule is CN=C(NCc1ccc(OC)c(OC)c1)NCC1CCCN1CCOC.I. The van der Waals surface area contributed by atoms with Gasteiger partial charge in [0.25, 0.3) is 0 Å². The quantitative estimate of drug-likeness (QED) is 0.313. The summed E-state index contributed by atoms with van der Waals surface area (Å²) in [5.41, 5.74) is 1.10. The molecule has 0 spiro atoms. The van der Waals surface area contributed by atoms with Crippen molar-refractivity contribution in [3.05, 3.63) is 23.8 Å². The van der Waals surface area contributed by atoms with E-state index in [0.29, 0.717) is 12.6 Å². The zero-order valence-corrected chi connectivity index (χ0v) is 19.1. The van der Waals surface area contributed by atoms with Crippen LogP contribution in [-0.2, 0) is 11.3 Å². The van der Waals surface area contributed by atoms with E-state index < -0.39 is 0 Å². The van der Waals surface area contributed by atoms with Gasteiger partial charge in [-0.1, -0.05) is 6.07 Å². The number of nitrogens with zero attached hydrogens (tertiary/aromatic N) is 2. The molecule has 1 saturated heterocycles. The molecule has 1 fully saturated rings. The van der Waals surface area contributed by atoms with Gasteiger partial charge in [-0.3, -0.25) is 9.89 Å². The lowest BCUT2D eigenvalue weighted by Gasteiger charge is -2.25. The van der Waals surface area contributed by atoms with Crippen LogP contribution in [0.25, 0.3) is 0 Å². The van der Waals surface area contributed by atoms with E-state index in [-0.39, 0.29) is 24.0 Å². The number of methoxy groups -OCH3 is 3. The second kappa shape index (κ2) is 13.0. The van der Waals surface area contributed by atoms with Crippen LogP contribution in [0.2, 0.25) is 0 Å². The van der Waals surface area contributed by atoms with Crippen molar-refractivity contribution in [1.29, 1.82) is 0 Å². The van der Waals surface area contributed by atoms with Crippen LogP contribution < -0.4 is 20.1 Å². The highest BCUT2D eigenvalue weighted by Gasteiger charge is 2.23. The molecule has 0 amide bonds. The largest absolute Gasteiger partial charge is 0.493 e. The second-order valence-corrected chi connectivity index (χ2v) is 6.32. The van der Waals surface area contributed by atoms with E-state index in [1.165, 1.54) is 12.8 Å². The minimum Gasteiger partial charge on any atom is -0.493 e. The normalized spacial score (nSPS) is 17.3. The van der Waals surface area contributed by atoms with Crippen LogP contribution in [0.15, 0.2) is 23.2 Å². The molecule has 0 radical (unpaired) electrons. The Morgan fingerprint density at radius 2 is 1.96 bits per heavy atom. The molecule has 1 aromatic carbocycles. The molecule has 2 N–H and O–H groups in total. The summed E-state index contributed by atoms with van der Waals surface area (Å²) in [7, 11) is 6.83. The number of rotatable bonds is 9. The molecule has 1 unspecified atom stereocenters. The Bertz CT molecular complexity index is 586. The fourth-order valence-corrected chi connectivity index (χ4v) is 3.24. The summed E-state index contributed by atoms with van der Waals surface area (Å²) in [6.45, 7) is 4.46.